The molecule has 0 aromatic carbocycles. The third-order valence-electron chi connectivity index (χ3n) is 2.99. The predicted molar refractivity (Wildman–Crippen MR) is 57.9 cm³/mol. The molecule has 15 heavy (non-hydrogen) atoms. The van der Waals surface area contributed by atoms with E-state index in [1.807, 2.05) is 27.7 Å². The van der Waals surface area contributed by atoms with E-state index in [1.54, 1.807) is 14.0 Å². The Morgan fingerprint density at radius 2 is 2.00 bits per heavy atom. The molecule has 0 aliphatic carbocycles. The summed E-state index contributed by atoms with van der Waals surface area (Å²) in [5.74, 6) is 0.190. The Morgan fingerprint density at radius 1 is 1.47 bits per heavy atom. The average molecular weight is 214 g/mol. The highest BCUT2D eigenvalue weighted by molar-refractivity contribution is 5.94. The molecule has 0 bridgehead atoms. The first-order valence-corrected chi connectivity index (χ1v) is 5.07. The molecule has 1 heterocycles. The number of nitrogens with zero attached hydrogens (tertiary/aromatic N) is 1. The van der Waals surface area contributed by atoms with E-state index in [1.165, 1.54) is 0 Å². The second-order valence-electron chi connectivity index (χ2n) is 5.02. The van der Waals surface area contributed by atoms with Crippen LogP contribution in [0, 0.1) is 5.41 Å². The third-order valence-corrected chi connectivity index (χ3v) is 2.99. The van der Waals surface area contributed by atoms with E-state index >= 15 is 0 Å². The van der Waals surface area contributed by atoms with Crippen LogP contribution in [0.15, 0.2) is 4.99 Å². The maximum atomic E-state index is 11.5. The van der Waals surface area contributed by atoms with Gasteiger partial charge in [0.15, 0.2) is 5.60 Å². The van der Waals surface area contributed by atoms with Crippen LogP contribution in [0.2, 0.25) is 0 Å². The summed E-state index contributed by atoms with van der Waals surface area (Å²) in [7, 11) is 1.55. The Labute approximate surface area is 90.7 Å². The number of methoxy groups -OCH3 is 1. The highest BCUT2D eigenvalue weighted by Gasteiger charge is 2.50. The van der Waals surface area contributed by atoms with Crippen LogP contribution < -0.4 is 0 Å². The fourth-order valence-electron chi connectivity index (χ4n) is 1.40. The summed E-state index contributed by atoms with van der Waals surface area (Å²) in [5.41, 5.74) is -1.04. The van der Waals surface area contributed by atoms with Crippen LogP contribution in [0.5, 0.6) is 0 Å². The lowest BCUT2D eigenvalue weighted by atomic mass is 9.76. The van der Waals surface area contributed by atoms with E-state index in [0.29, 0.717) is 5.90 Å². The molecule has 2 atom stereocenters. The second kappa shape index (κ2) is 3.51. The first-order valence-electron chi connectivity index (χ1n) is 5.07. The van der Waals surface area contributed by atoms with Crippen molar-refractivity contribution in [2.45, 2.75) is 46.3 Å². The molecule has 0 aromatic rings. The summed E-state index contributed by atoms with van der Waals surface area (Å²) >= 11 is 0. The number of hydrogen-bond acceptors (Lipinski definition) is 4. The van der Waals surface area contributed by atoms with Crippen LogP contribution in [0.3, 0.4) is 0 Å². The molecule has 0 N–H and O–H groups in total. The summed E-state index contributed by atoms with van der Waals surface area (Å²) in [6.07, 6.45) is 0. The minimum absolute atomic E-state index is 0.252. The molecule has 0 fully saturated rings. The van der Waals surface area contributed by atoms with Crippen LogP contribution in [0.1, 0.15) is 34.6 Å². The number of ether oxygens (including phenoxy) is 2. The number of carbonyl (C=O) groups excluding carboxylic acids is 1. The monoisotopic (exact) mass is 214 g/mol. The quantitative estimate of drug-likeness (QED) is 0.456. The Bertz CT molecular complexity index is 303. The van der Waals surface area contributed by atoms with Crippen molar-refractivity contribution in [1.82, 2.24) is 0 Å². The van der Waals surface area contributed by atoms with Gasteiger partial charge in [0.2, 0.25) is 5.90 Å². The van der Waals surface area contributed by atoms with Crippen LogP contribution in [-0.2, 0) is 14.3 Å². The van der Waals surface area contributed by atoms with Gasteiger partial charge < -0.3 is 9.47 Å². The third kappa shape index (κ3) is 1.85. The summed E-state index contributed by atoms with van der Waals surface area (Å²) in [4.78, 5) is 15.8. The second-order valence-corrected chi connectivity index (χ2v) is 5.02. The van der Waals surface area contributed by atoms with Gasteiger partial charge in [0.1, 0.15) is 6.04 Å². The zero-order valence-corrected chi connectivity index (χ0v) is 10.2. The zero-order chi connectivity index (χ0) is 11.9. The number of esters is 1. The van der Waals surface area contributed by atoms with E-state index < -0.39 is 11.6 Å². The van der Waals surface area contributed by atoms with Gasteiger partial charge in [0.05, 0.1) is 7.11 Å². The Kier molecular flexibility index (Phi) is 2.81. The molecule has 1 aliphatic heterocycles. The van der Waals surface area contributed by atoms with Gasteiger partial charge in [-0.15, -0.1) is 0 Å². The molecule has 0 amide bonds. The van der Waals surface area contributed by atoms with Crippen molar-refractivity contribution in [1.29, 1.82) is 0 Å². The molecule has 86 valence electrons. The van der Waals surface area contributed by atoms with Gasteiger partial charge >= 0.3 is 5.97 Å². The lowest BCUT2D eigenvalue weighted by Crippen LogP contribution is -2.55. The van der Waals surface area contributed by atoms with Crippen LogP contribution in [0.25, 0.3) is 0 Å². The van der Waals surface area contributed by atoms with Crippen molar-refractivity contribution >= 4 is 11.9 Å². The van der Waals surface area contributed by atoms with Gasteiger partial charge in [-0.05, 0) is 13.8 Å². The van der Waals surface area contributed by atoms with Gasteiger partial charge in [0, 0.05) is 5.41 Å². The molecular weight excluding hydrogens is 195 g/mol. The molecule has 0 unspecified atom stereocenters. The highest BCUT2D eigenvalue weighted by atomic mass is 16.6. The van der Waals surface area contributed by atoms with Crippen LogP contribution in [-0.4, -0.2) is 30.6 Å². The number of hydrogen-bond donors (Lipinski definition) is 0. The van der Waals surface area contributed by atoms with Gasteiger partial charge in [-0.1, -0.05) is 20.8 Å². The molecule has 0 aromatic heterocycles. The lowest BCUT2D eigenvalue weighted by molar-refractivity contribution is -0.165. The summed E-state index contributed by atoms with van der Waals surface area (Å²) in [5, 5.41) is 0. The van der Waals surface area contributed by atoms with Gasteiger partial charge in [-0.25, -0.2) is 9.79 Å². The van der Waals surface area contributed by atoms with Gasteiger partial charge in [0.25, 0.3) is 0 Å². The smallest absolute Gasteiger partial charge is 0.331 e. The van der Waals surface area contributed by atoms with E-state index in [2.05, 4.69) is 4.99 Å². The van der Waals surface area contributed by atoms with E-state index in [4.69, 9.17) is 9.47 Å². The molecule has 1 aliphatic rings. The highest BCUT2D eigenvalue weighted by Crippen LogP contribution is 2.37. The maximum Gasteiger partial charge on any atom is 0.331 e. The minimum atomic E-state index is -0.786. The summed E-state index contributed by atoms with van der Waals surface area (Å²) in [6, 6.07) is -0.477. The topological polar surface area (TPSA) is 47.9 Å². The van der Waals surface area contributed by atoms with E-state index in [-0.39, 0.29) is 11.4 Å². The van der Waals surface area contributed by atoms with Crippen LogP contribution >= 0.6 is 0 Å². The van der Waals surface area contributed by atoms with Crippen molar-refractivity contribution in [3.8, 4) is 0 Å². The molecule has 4 heteroatoms. The SMILES string of the molecule is COC1=N[C@@H]([13CH3])C(=O)O[C@]1(C)C(C)(C)C. The Morgan fingerprint density at radius 3 is 2.40 bits per heavy atom. The molecule has 1 rings (SSSR count). The van der Waals surface area contributed by atoms with E-state index in [9.17, 15) is 4.79 Å². The number of carbonyl (C=O) groups is 1. The fourth-order valence-corrected chi connectivity index (χ4v) is 1.40. The lowest BCUT2D eigenvalue weighted by Gasteiger charge is -2.43. The van der Waals surface area contributed by atoms with Crippen LogP contribution in [0.4, 0.5) is 0 Å². The van der Waals surface area contributed by atoms with Crippen molar-refractivity contribution in [2.75, 3.05) is 7.11 Å². The standard InChI is InChI=1S/C11H19NO3/c1-7-8(13)15-11(5,10(2,3)4)9(12-7)14-6/h7H,1-6H3/t7-,11-/m0/s1/i1+1. The zero-order valence-electron chi connectivity index (χ0n) is 10.2. The first-order chi connectivity index (χ1) is 6.72. The molecule has 4 nitrogen and oxygen atoms in total. The number of rotatable bonds is 0. The number of aliphatic imine (C=N–C) groups is 1. The van der Waals surface area contributed by atoms with Crippen molar-refractivity contribution in [2.24, 2.45) is 10.4 Å². The Hall–Kier alpha value is -1.06. The summed E-state index contributed by atoms with van der Waals surface area (Å²) in [6.45, 7) is 9.50. The van der Waals surface area contributed by atoms with Gasteiger partial charge in [-0.2, -0.15) is 0 Å². The molecule has 0 radical (unpaired) electrons. The van der Waals surface area contributed by atoms with E-state index in [0.717, 1.165) is 0 Å². The maximum absolute atomic E-state index is 11.5. The van der Waals surface area contributed by atoms with Crippen molar-refractivity contribution < 1.29 is 14.3 Å². The molecule has 0 saturated heterocycles. The number of cyclic esters (lactones) is 1. The summed E-state index contributed by atoms with van der Waals surface area (Å²) < 4.78 is 10.7. The van der Waals surface area contributed by atoms with Crippen molar-refractivity contribution in [3.05, 3.63) is 0 Å². The predicted octanol–water partition coefficient (Wildman–Crippen LogP) is 1.78. The molecule has 0 spiro atoms. The molecular formula is C11H19NO3. The van der Waals surface area contributed by atoms with Gasteiger partial charge in [-0.3, -0.25) is 0 Å². The fraction of sp³-hybridized carbons (Fsp3) is 0.818. The largest absolute Gasteiger partial charge is 0.481 e. The Balaban J connectivity index is 3.19. The molecule has 0 saturated carbocycles. The van der Waals surface area contributed by atoms with Crippen molar-refractivity contribution in [3.63, 3.8) is 0 Å². The normalized spacial score (nSPS) is 32.0. The minimum Gasteiger partial charge on any atom is -0.481 e. The average Bonchev–Trinajstić information content (AvgIpc) is 2.09. The first kappa shape index (κ1) is 12.0.